The summed E-state index contributed by atoms with van der Waals surface area (Å²) in [5, 5.41) is 0. The number of hydrogen-bond acceptors (Lipinski definition) is 2. The fraction of sp³-hybridized carbons (Fsp3) is 0.818. The molecule has 0 radical (unpaired) electrons. The molecular weight excluding hydrogens is 162 g/mol. The molecule has 1 atom stereocenters. The van der Waals surface area contributed by atoms with E-state index in [1.54, 1.807) is 7.11 Å². The van der Waals surface area contributed by atoms with Gasteiger partial charge in [0.05, 0.1) is 6.10 Å². The smallest absolute Gasteiger partial charge is 0.0764 e. The maximum atomic E-state index is 5.44. The quantitative estimate of drug-likeness (QED) is 0.466. The molecule has 0 aliphatic heterocycles. The van der Waals surface area contributed by atoms with Crippen molar-refractivity contribution in [3.8, 4) is 0 Å². The monoisotopic (exact) mass is 185 g/mol. The molecule has 0 rings (SSSR count). The molecule has 0 aliphatic carbocycles. The molecule has 0 aromatic carbocycles. The Morgan fingerprint density at radius 1 is 1.38 bits per heavy atom. The van der Waals surface area contributed by atoms with Crippen LogP contribution in [0.2, 0.25) is 0 Å². The number of allylic oxidation sites excluding steroid dienone is 1. The second-order valence-electron chi connectivity index (χ2n) is 3.28. The first-order chi connectivity index (χ1) is 6.35. The summed E-state index contributed by atoms with van der Waals surface area (Å²) < 4.78 is 5.23. The van der Waals surface area contributed by atoms with Gasteiger partial charge in [-0.1, -0.05) is 31.9 Å². The Balaban J connectivity index is 3.42. The summed E-state index contributed by atoms with van der Waals surface area (Å²) in [4.78, 5) is 0. The molecule has 78 valence electrons. The van der Waals surface area contributed by atoms with Crippen molar-refractivity contribution >= 4 is 0 Å². The Morgan fingerprint density at radius 2 is 2.15 bits per heavy atom. The average Bonchev–Trinajstić information content (AvgIpc) is 2.16. The van der Waals surface area contributed by atoms with E-state index in [9.17, 15) is 0 Å². The van der Waals surface area contributed by atoms with Crippen LogP contribution >= 0.6 is 0 Å². The van der Waals surface area contributed by atoms with E-state index >= 15 is 0 Å². The lowest BCUT2D eigenvalue weighted by Crippen LogP contribution is -2.13. The van der Waals surface area contributed by atoms with E-state index in [4.69, 9.17) is 10.5 Å². The number of nitrogens with two attached hydrogens (primary N) is 1. The van der Waals surface area contributed by atoms with E-state index in [1.807, 2.05) is 0 Å². The Morgan fingerprint density at radius 3 is 2.69 bits per heavy atom. The first-order valence-electron chi connectivity index (χ1n) is 5.24. The van der Waals surface area contributed by atoms with Crippen LogP contribution in [0.5, 0.6) is 0 Å². The van der Waals surface area contributed by atoms with Crippen LogP contribution in [0.1, 0.15) is 39.0 Å². The third-order valence-corrected chi connectivity index (χ3v) is 2.08. The van der Waals surface area contributed by atoms with Crippen LogP contribution in [0.3, 0.4) is 0 Å². The Bertz CT molecular complexity index is 123. The number of unbranched alkanes of at least 4 members (excludes halogenated alkanes) is 3. The summed E-state index contributed by atoms with van der Waals surface area (Å²) in [7, 11) is 1.73. The fourth-order valence-corrected chi connectivity index (χ4v) is 1.22. The minimum atomic E-state index is 0.214. The molecule has 0 saturated carbocycles. The van der Waals surface area contributed by atoms with Gasteiger partial charge in [-0.15, -0.1) is 0 Å². The zero-order valence-corrected chi connectivity index (χ0v) is 8.96. The third kappa shape index (κ3) is 8.00. The zero-order chi connectivity index (χ0) is 9.94. The van der Waals surface area contributed by atoms with Gasteiger partial charge in [0, 0.05) is 7.11 Å². The largest absolute Gasteiger partial charge is 0.377 e. The van der Waals surface area contributed by atoms with E-state index in [0.717, 1.165) is 12.8 Å². The molecule has 0 fully saturated rings. The summed E-state index contributed by atoms with van der Waals surface area (Å²) in [6, 6.07) is 0. The highest BCUT2D eigenvalue weighted by Gasteiger charge is 1.98. The molecule has 13 heavy (non-hydrogen) atoms. The van der Waals surface area contributed by atoms with Crippen LogP contribution < -0.4 is 5.73 Å². The molecule has 2 N–H and O–H groups in total. The van der Waals surface area contributed by atoms with E-state index < -0.39 is 0 Å². The van der Waals surface area contributed by atoms with Gasteiger partial charge in [-0.25, -0.2) is 0 Å². The molecule has 0 aromatic heterocycles. The van der Waals surface area contributed by atoms with Gasteiger partial charge in [0.25, 0.3) is 0 Å². The molecule has 0 aromatic rings. The van der Waals surface area contributed by atoms with Crippen molar-refractivity contribution in [2.24, 2.45) is 5.73 Å². The normalized spacial score (nSPS) is 13.8. The number of ether oxygens (including phenoxy) is 1. The molecule has 2 nitrogen and oxygen atoms in total. The molecular formula is C11H23NO. The minimum absolute atomic E-state index is 0.214. The summed E-state index contributed by atoms with van der Waals surface area (Å²) >= 11 is 0. The maximum absolute atomic E-state index is 5.44. The van der Waals surface area contributed by atoms with Crippen LogP contribution in [0.25, 0.3) is 0 Å². The third-order valence-electron chi connectivity index (χ3n) is 2.08. The minimum Gasteiger partial charge on any atom is -0.377 e. The lowest BCUT2D eigenvalue weighted by Gasteiger charge is -2.08. The first kappa shape index (κ1) is 12.7. The van der Waals surface area contributed by atoms with E-state index in [1.165, 1.54) is 19.3 Å². The second-order valence-corrected chi connectivity index (χ2v) is 3.28. The van der Waals surface area contributed by atoms with Crippen molar-refractivity contribution in [2.45, 2.75) is 45.1 Å². The highest BCUT2D eigenvalue weighted by Crippen LogP contribution is 2.03. The number of methoxy groups -OCH3 is 1. The fourth-order valence-electron chi connectivity index (χ4n) is 1.22. The van der Waals surface area contributed by atoms with Gasteiger partial charge in [0.2, 0.25) is 0 Å². The van der Waals surface area contributed by atoms with E-state index in [-0.39, 0.29) is 6.10 Å². The van der Waals surface area contributed by atoms with Crippen LogP contribution in [0.15, 0.2) is 12.2 Å². The summed E-state index contributed by atoms with van der Waals surface area (Å²) in [6.45, 7) is 2.91. The second kappa shape index (κ2) is 9.75. The summed E-state index contributed by atoms with van der Waals surface area (Å²) in [5.74, 6) is 0. The Labute approximate surface area is 82.2 Å². The molecule has 0 saturated heterocycles. The van der Waals surface area contributed by atoms with E-state index in [2.05, 4.69) is 19.1 Å². The highest BCUT2D eigenvalue weighted by molar-refractivity contribution is 4.89. The maximum Gasteiger partial charge on any atom is 0.0764 e. The van der Waals surface area contributed by atoms with Gasteiger partial charge >= 0.3 is 0 Å². The molecule has 0 heterocycles. The van der Waals surface area contributed by atoms with Crippen molar-refractivity contribution in [1.82, 2.24) is 0 Å². The lowest BCUT2D eigenvalue weighted by atomic mass is 10.1. The van der Waals surface area contributed by atoms with Crippen molar-refractivity contribution < 1.29 is 4.74 Å². The molecule has 0 spiro atoms. The van der Waals surface area contributed by atoms with Gasteiger partial charge in [0.15, 0.2) is 0 Å². The Kier molecular flexibility index (Phi) is 9.49. The van der Waals surface area contributed by atoms with Gasteiger partial charge in [-0.05, 0) is 25.8 Å². The zero-order valence-electron chi connectivity index (χ0n) is 8.96. The SMILES string of the molecule is CCCCC/C=C\C(CCN)OC. The highest BCUT2D eigenvalue weighted by atomic mass is 16.5. The molecule has 0 aliphatic rings. The topological polar surface area (TPSA) is 35.2 Å². The van der Waals surface area contributed by atoms with Gasteiger partial charge in [-0.3, -0.25) is 0 Å². The van der Waals surface area contributed by atoms with Gasteiger partial charge < -0.3 is 10.5 Å². The van der Waals surface area contributed by atoms with Gasteiger partial charge in [0.1, 0.15) is 0 Å². The predicted molar refractivity (Wildman–Crippen MR) is 57.8 cm³/mol. The standard InChI is InChI=1S/C11H23NO/c1-3-4-5-6-7-8-11(13-2)9-10-12/h7-8,11H,3-6,9-10,12H2,1-2H3/b8-7-. The van der Waals surface area contributed by atoms with Gasteiger partial charge in [-0.2, -0.15) is 0 Å². The lowest BCUT2D eigenvalue weighted by molar-refractivity contribution is 0.135. The number of hydrogen-bond donors (Lipinski definition) is 1. The molecule has 0 bridgehead atoms. The first-order valence-corrected chi connectivity index (χ1v) is 5.24. The van der Waals surface area contributed by atoms with Crippen molar-refractivity contribution in [3.05, 3.63) is 12.2 Å². The molecule has 1 unspecified atom stereocenters. The van der Waals surface area contributed by atoms with E-state index in [0.29, 0.717) is 6.54 Å². The van der Waals surface area contributed by atoms with Crippen LogP contribution in [0.4, 0.5) is 0 Å². The predicted octanol–water partition coefficient (Wildman–Crippen LogP) is 2.49. The Hall–Kier alpha value is -0.340. The summed E-state index contributed by atoms with van der Waals surface area (Å²) in [6.07, 6.45) is 10.5. The van der Waals surface area contributed by atoms with Crippen molar-refractivity contribution in [1.29, 1.82) is 0 Å². The van der Waals surface area contributed by atoms with Crippen molar-refractivity contribution in [2.75, 3.05) is 13.7 Å². The molecule has 0 amide bonds. The van der Waals surface area contributed by atoms with Crippen LogP contribution in [0, 0.1) is 0 Å². The van der Waals surface area contributed by atoms with Crippen molar-refractivity contribution in [3.63, 3.8) is 0 Å². The number of rotatable bonds is 8. The van der Waals surface area contributed by atoms with Crippen LogP contribution in [-0.2, 0) is 4.74 Å². The van der Waals surface area contributed by atoms with Crippen LogP contribution in [-0.4, -0.2) is 19.8 Å². The average molecular weight is 185 g/mol. The summed E-state index contributed by atoms with van der Waals surface area (Å²) in [5.41, 5.74) is 5.44. The molecule has 2 heteroatoms.